The SMILES string of the molecule is O=C(CCc1ccccc1)N1CCN(c2ncccc2F)CC1. The van der Waals surface area contributed by atoms with Crippen molar-refractivity contribution in [2.24, 2.45) is 0 Å². The summed E-state index contributed by atoms with van der Waals surface area (Å²) in [6, 6.07) is 13.0. The first kappa shape index (κ1) is 15.5. The Labute approximate surface area is 135 Å². The van der Waals surface area contributed by atoms with Gasteiger partial charge in [0.05, 0.1) is 0 Å². The highest BCUT2D eigenvalue weighted by Gasteiger charge is 2.23. The minimum Gasteiger partial charge on any atom is -0.351 e. The molecule has 0 unspecified atom stereocenters. The van der Waals surface area contributed by atoms with Crippen molar-refractivity contribution in [3.05, 3.63) is 60.0 Å². The molecule has 1 aliphatic rings. The second-order valence-corrected chi connectivity index (χ2v) is 5.66. The number of halogens is 1. The standard InChI is InChI=1S/C18H20FN3O/c19-16-7-4-10-20-18(16)22-13-11-21(12-14-22)17(23)9-8-15-5-2-1-3-6-15/h1-7,10H,8-9,11-14H2. The molecular formula is C18H20FN3O. The summed E-state index contributed by atoms with van der Waals surface area (Å²) in [6.07, 6.45) is 2.87. The molecule has 0 spiro atoms. The van der Waals surface area contributed by atoms with Crippen LogP contribution in [0.2, 0.25) is 0 Å². The van der Waals surface area contributed by atoms with Gasteiger partial charge in [-0.05, 0) is 24.1 Å². The van der Waals surface area contributed by atoms with E-state index in [0.717, 1.165) is 6.42 Å². The van der Waals surface area contributed by atoms with E-state index in [2.05, 4.69) is 4.98 Å². The molecule has 4 nitrogen and oxygen atoms in total. The summed E-state index contributed by atoms with van der Waals surface area (Å²) < 4.78 is 13.8. The minimum absolute atomic E-state index is 0.162. The summed E-state index contributed by atoms with van der Waals surface area (Å²) in [5, 5.41) is 0. The third-order valence-corrected chi connectivity index (χ3v) is 4.14. The van der Waals surface area contributed by atoms with Gasteiger partial charge in [-0.25, -0.2) is 9.37 Å². The van der Waals surface area contributed by atoms with Crippen LogP contribution in [0.3, 0.4) is 0 Å². The molecule has 0 bridgehead atoms. The number of aryl methyl sites for hydroxylation is 1. The van der Waals surface area contributed by atoms with Crippen LogP contribution in [0.15, 0.2) is 48.7 Å². The zero-order valence-electron chi connectivity index (χ0n) is 13.0. The van der Waals surface area contributed by atoms with Crippen molar-refractivity contribution in [2.75, 3.05) is 31.1 Å². The first-order valence-electron chi connectivity index (χ1n) is 7.91. The molecule has 1 aromatic heterocycles. The van der Waals surface area contributed by atoms with E-state index in [-0.39, 0.29) is 11.7 Å². The molecule has 1 aromatic carbocycles. The second kappa shape index (κ2) is 7.22. The van der Waals surface area contributed by atoms with E-state index in [1.807, 2.05) is 40.1 Å². The molecule has 0 saturated carbocycles. The molecule has 1 fully saturated rings. The Kier molecular flexibility index (Phi) is 4.86. The van der Waals surface area contributed by atoms with E-state index in [0.29, 0.717) is 38.4 Å². The monoisotopic (exact) mass is 313 g/mol. The fourth-order valence-corrected chi connectivity index (χ4v) is 2.83. The largest absolute Gasteiger partial charge is 0.351 e. The molecule has 0 aliphatic carbocycles. The quantitative estimate of drug-likeness (QED) is 0.870. The van der Waals surface area contributed by atoms with Crippen LogP contribution in [0, 0.1) is 5.82 Å². The van der Waals surface area contributed by atoms with Gasteiger partial charge in [0.2, 0.25) is 5.91 Å². The molecular weight excluding hydrogens is 293 g/mol. The third kappa shape index (κ3) is 3.86. The van der Waals surface area contributed by atoms with E-state index < -0.39 is 0 Å². The average molecular weight is 313 g/mol. The zero-order chi connectivity index (χ0) is 16.1. The highest BCUT2D eigenvalue weighted by atomic mass is 19.1. The molecule has 0 N–H and O–H groups in total. The molecule has 23 heavy (non-hydrogen) atoms. The van der Waals surface area contributed by atoms with Crippen LogP contribution in [0.5, 0.6) is 0 Å². The third-order valence-electron chi connectivity index (χ3n) is 4.14. The lowest BCUT2D eigenvalue weighted by Gasteiger charge is -2.35. The molecule has 5 heteroatoms. The van der Waals surface area contributed by atoms with Crippen molar-refractivity contribution in [1.29, 1.82) is 0 Å². The Morgan fingerprint density at radius 2 is 1.78 bits per heavy atom. The lowest BCUT2D eigenvalue weighted by molar-refractivity contribution is -0.131. The fraction of sp³-hybridized carbons (Fsp3) is 0.333. The summed E-state index contributed by atoms with van der Waals surface area (Å²) in [4.78, 5) is 20.2. The van der Waals surface area contributed by atoms with Crippen molar-refractivity contribution < 1.29 is 9.18 Å². The molecule has 120 valence electrons. The molecule has 0 atom stereocenters. The number of carbonyl (C=O) groups is 1. The fourth-order valence-electron chi connectivity index (χ4n) is 2.83. The average Bonchev–Trinajstić information content (AvgIpc) is 2.61. The van der Waals surface area contributed by atoms with Crippen LogP contribution < -0.4 is 4.90 Å². The van der Waals surface area contributed by atoms with Gasteiger partial charge in [-0.2, -0.15) is 0 Å². The first-order valence-corrected chi connectivity index (χ1v) is 7.91. The lowest BCUT2D eigenvalue weighted by Crippen LogP contribution is -2.49. The maximum atomic E-state index is 13.8. The molecule has 3 rings (SSSR count). The number of amides is 1. The van der Waals surface area contributed by atoms with Gasteiger partial charge in [0.1, 0.15) is 0 Å². The number of nitrogens with zero attached hydrogens (tertiary/aromatic N) is 3. The predicted molar refractivity (Wildman–Crippen MR) is 87.8 cm³/mol. The smallest absolute Gasteiger partial charge is 0.223 e. The van der Waals surface area contributed by atoms with E-state index in [1.165, 1.54) is 11.6 Å². The van der Waals surface area contributed by atoms with Crippen molar-refractivity contribution in [3.63, 3.8) is 0 Å². The maximum absolute atomic E-state index is 13.8. The molecule has 2 heterocycles. The first-order chi connectivity index (χ1) is 11.2. The summed E-state index contributed by atoms with van der Waals surface area (Å²) in [6.45, 7) is 2.46. The predicted octanol–water partition coefficient (Wildman–Crippen LogP) is 2.50. The summed E-state index contributed by atoms with van der Waals surface area (Å²) in [5.74, 6) is 0.232. The summed E-state index contributed by atoms with van der Waals surface area (Å²) in [5.41, 5.74) is 1.18. The number of anilines is 1. The molecule has 1 saturated heterocycles. The normalized spacial score (nSPS) is 14.8. The van der Waals surface area contributed by atoms with Crippen LogP contribution in [0.4, 0.5) is 10.2 Å². The number of pyridine rings is 1. The summed E-state index contributed by atoms with van der Waals surface area (Å²) in [7, 11) is 0. The van der Waals surface area contributed by atoms with Gasteiger partial charge in [0.15, 0.2) is 11.6 Å². The van der Waals surface area contributed by atoms with Gasteiger partial charge in [-0.15, -0.1) is 0 Å². The number of benzene rings is 1. The van der Waals surface area contributed by atoms with Gasteiger partial charge >= 0.3 is 0 Å². The molecule has 1 aliphatic heterocycles. The number of piperazine rings is 1. The maximum Gasteiger partial charge on any atom is 0.223 e. The van der Waals surface area contributed by atoms with E-state index in [9.17, 15) is 9.18 Å². The van der Waals surface area contributed by atoms with Crippen molar-refractivity contribution >= 4 is 11.7 Å². The Morgan fingerprint density at radius 1 is 1.04 bits per heavy atom. The Balaban J connectivity index is 1.50. The minimum atomic E-state index is -0.309. The van der Waals surface area contributed by atoms with Crippen molar-refractivity contribution in [3.8, 4) is 0 Å². The highest BCUT2D eigenvalue weighted by Crippen LogP contribution is 2.17. The number of hydrogen-bond acceptors (Lipinski definition) is 3. The van der Waals surface area contributed by atoms with Crippen molar-refractivity contribution in [2.45, 2.75) is 12.8 Å². The van der Waals surface area contributed by atoms with Gasteiger partial charge in [-0.3, -0.25) is 4.79 Å². The summed E-state index contributed by atoms with van der Waals surface area (Å²) >= 11 is 0. The lowest BCUT2D eigenvalue weighted by atomic mass is 10.1. The van der Waals surface area contributed by atoms with E-state index in [1.54, 1.807) is 12.3 Å². The van der Waals surface area contributed by atoms with Crippen LogP contribution >= 0.6 is 0 Å². The Morgan fingerprint density at radius 3 is 2.48 bits per heavy atom. The Hall–Kier alpha value is -2.43. The van der Waals surface area contributed by atoms with Gasteiger partial charge in [0.25, 0.3) is 0 Å². The second-order valence-electron chi connectivity index (χ2n) is 5.66. The van der Waals surface area contributed by atoms with Gasteiger partial charge < -0.3 is 9.80 Å². The van der Waals surface area contributed by atoms with E-state index >= 15 is 0 Å². The molecule has 2 aromatic rings. The molecule has 1 amide bonds. The van der Waals surface area contributed by atoms with Gasteiger partial charge in [-0.1, -0.05) is 30.3 Å². The van der Waals surface area contributed by atoms with Gasteiger partial charge in [0, 0.05) is 38.8 Å². The van der Waals surface area contributed by atoms with Crippen LogP contribution in [0.1, 0.15) is 12.0 Å². The van der Waals surface area contributed by atoms with Crippen molar-refractivity contribution in [1.82, 2.24) is 9.88 Å². The van der Waals surface area contributed by atoms with Crippen LogP contribution in [-0.2, 0) is 11.2 Å². The zero-order valence-corrected chi connectivity index (χ0v) is 13.0. The van der Waals surface area contributed by atoms with Crippen LogP contribution in [-0.4, -0.2) is 42.0 Å². The van der Waals surface area contributed by atoms with E-state index in [4.69, 9.17) is 0 Å². The topological polar surface area (TPSA) is 36.4 Å². The highest BCUT2D eigenvalue weighted by molar-refractivity contribution is 5.76. The number of carbonyl (C=O) groups excluding carboxylic acids is 1. The number of rotatable bonds is 4. The number of hydrogen-bond donors (Lipinski definition) is 0. The number of aromatic nitrogens is 1. The molecule has 0 radical (unpaired) electrons. The Bertz CT molecular complexity index is 654. The van der Waals surface area contributed by atoms with Crippen LogP contribution in [0.25, 0.3) is 0 Å².